The van der Waals surface area contributed by atoms with E-state index in [4.69, 9.17) is 4.74 Å². The van der Waals surface area contributed by atoms with E-state index in [9.17, 15) is 4.79 Å². The first-order valence-electron chi connectivity index (χ1n) is 7.83. The fraction of sp³-hybridized carbons (Fsp3) is 0.316. The summed E-state index contributed by atoms with van der Waals surface area (Å²) in [7, 11) is 1.95. The lowest BCUT2D eigenvalue weighted by atomic mass is 9.86. The first-order chi connectivity index (χ1) is 10.7. The summed E-state index contributed by atoms with van der Waals surface area (Å²) in [6.07, 6.45) is 2.04. The highest BCUT2D eigenvalue weighted by atomic mass is 16.5. The lowest BCUT2D eigenvalue weighted by Crippen LogP contribution is -2.03. The van der Waals surface area contributed by atoms with Gasteiger partial charge in [0.15, 0.2) is 0 Å². The average Bonchev–Trinajstić information content (AvgIpc) is 3.08. The molecule has 0 spiro atoms. The molecule has 0 bridgehead atoms. The highest BCUT2D eigenvalue weighted by molar-refractivity contribution is 5.94. The van der Waals surface area contributed by atoms with Crippen LogP contribution in [0.2, 0.25) is 0 Å². The van der Waals surface area contributed by atoms with Crippen LogP contribution in [0.1, 0.15) is 58.0 Å². The van der Waals surface area contributed by atoms with E-state index in [0.29, 0.717) is 5.92 Å². The number of fused-ring (bicyclic) bond motifs is 2. The highest BCUT2D eigenvalue weighted by Crippen LogP contribution is 2.44. The van der Waals surface area contributed by atoms with Gasteiger partial charge in [-0.15, -0.1) is 0 Å². The largest absolute Gasteiger partial charge is 0.454 e. The molecule has 3 heteroatoms. The van der Waals surface area contributed by atoms with Gasteiger partial charge in [-0.05, 0) is 54.7 Å². The van der Waals surface area contributed by atoms with Gasteiger partial charge < -0.3 is 10.1 Å². The Labute approximate surface area is 130 Å². The van der Waals surface area contributed by atoms with Crippen molar-refractivity contribution in [3.63, 3.8) is 0 Å². The molecule has 2 aliphatic rings. The summed E-state index contributed by atoms with van der Waals surface area (Å²) in [6, 6.07) is 12.6. The molecular formula is C19H19NO2. The van der Waals surface area contributed by atoms with Crippen molar-refractivity contribution in [1.29, 1.82) is 0 Å². The van der Waals surface area contributed by atoms with Crippen LogP contribution < -0.4 is 5.32 Å². The van der Waals surface area contributed by atoms with Gasteiger partial charge in [-0.2, -0.15) is 0 Å². The number of aryl methyl sites for hydroxylation is 1. The van der Waals surface area contributed by atoms with E-state index in [0.717, 1.165) is 29.7 Å². The number of nitrogens with one attached hydrogen (secondary N) is 1. The molecule has 1 aliphatic heterocycles. The summed E-state index contributed by atoms with van der Waals surface area (Å²) >= 11 is 0. The number of benzene rings is 2. The number of ether oxygens (including phenoxy) is 1. The molecule has 0 fully saturated rings. The Balaban J connectivity index is 1.82. The third-order valence-corrected chi connectivity index (χ3v) is 4.93. The van der Waals surface area contributed by atoms with Gasteiger partial charge in [-0.25, -0.2) is 4.79 Å². The number of cyclic esters (lactones) is 1. The van der Waals surface area contributed by atoms with Crippen LogP contribution in [0, 0.1) is 0 Å². The van der Waals surface area contributed by atoms with Gasteiger partial charge in [-0.3, -0.25) is 0 Å². The summed E-state index contributed by atoms with van der Waals surface area (Å²) in [4.78, 5) is 11.9. The van der Waals surface area contributed by atoms with Crippen LogP contribution in [0.25, 0.3) is 0 Å². The number of carbonyl (C=O) groups excluding carboxylic acids is 1. The number of hydrogen-bond acceptors (Lipinski definition) is 3. The summed E-state index contributed by atoms with van der Waals surface area (Å²) < 4.78 is 5.41. The second-order valence-electron chi connectivity index (χ2n) is 6.11. The fourth-order valence-corrected chi connectivity index (χ4v) is 3.90. The van der Waals surface area contributed by atoms with Crippen molar-refractivity contribution in [2.24, 2.45) is 0 Å². The summed E-state index contributed by atoms with van der Waals surface area (Å²) in [5.74, 6) is 0.181. The molecule has 2 aromatic carbocycles. The van der Waals surface area contributed by atoms with Crippen LogP contribution in [-0.4, -0.2) is 13.0 Å². The molecule has 3 nitrogen and oxygen atoms in total. The molecule has 1 N–H and O–H groups in total. The highest BCUT2D eigenvalue weighted by Gasteiger charge is 2.34. The maximum Gasteiger partial charge on any atom is 0.339 e. The molecule has 2 aromatic rings. The Morgan fingerprint density at radius 2 is 2.05 bits per heavy atom. The quantitative estimate of drug-likeness (QED) is 0.849. The Bertz CT molecular complexity index is 766. The third kappa shape index (κ3) is 1.85. The minimum atomic E-state index is -0.187. The van der Waals surface area contributed by atoms with Gasteiger partial charge in [0.1, 0.15) is 6.10 Å². The number of anilines is 1. The number of carbonyl (C=O) groups is 1. The van der Waals surface area contributed by atoms with Crippen LogP contribution in [0.3, 0.4) is 0 Å². The predicted molar refractivity (Wildman–Crippen MR) is 86.4 cm³/mol. The van der Waals surface area contributed by atoms with Crippen LogP contribution in [0.4, 0.5) is 5.69 Å². The van der Waals surface area contributed by atoms with E-state index in [1.165, 1.54) is 16.7 Å². The Kier molecular flexibility index (Phi) is 2.96. The Hall–Kier alpha value is -2.29. The van der Waals surface area contributed by atoms with E-state index in [-0.39, 0.29) is 12.1 Å². The van der Waals surface area contributed by atoms with E-state index in [1.54, 1.807) is 0 Å². The minimum absolute atomic E-state index is 0.140. The number of esters is 1. The monoisotopic (exact) mass is 293 g/mol. The van der Waals surface area contributed by atoms with Gasteiger partial charge in [0.25, 0.3) is 0 Å². The van der Waals surface area contributed by atoms with E-state index < -0.39 is 0 Å². The Morgan fingerprint density at radius 1 is 1.18 bits per heavy atom. The van der Waals surface area contributed by atoms with E-state index >= 15 is 0 Å². The van der Waals surface area contributed by atoms with Crippen molar-refractivity contribution in [3.05, 3.63) is 64.2 Å². The normalized spacial score (nSPS) is 22.2. The molecule has 0 saturated heterocycles. The van der Waals surface area contributed by atoms with E-state index in [2.05, 4.69) is 29.6 Å². The maximum absolute atomic E-state index is 11.9. The van der Waals surface area contributed by atoms with Gasteiger partial charge in [-0.1, -0.05) is 18.2 Å². The van der Waals surface area contributed by atoms with Crippen molar-refractivity contribution in [2.75, 3.05) is 12.4 Å². The second-order valence-corrected chi connectivity index (χ2v) is 6.11. The molecular weight excluding hydrogens is 274 g/mol. The lowest BCUT2D eigenvalue weighted by Gasteiger charge is -2.17. The third-order valence-electron chi connectivity index (χ3n) is 4.93. The molecule has 0 aromatic heterocycles. The lowest BCUT2D eigenvalue weighted by molar-refractivity contribution is 0.0421. The first kappa shape index (κ1) is 13.4. The SMILES string of the molecule is CNc1ccc2c(c1)CCC2c1cccc2c1C(C)OC2=O. The van der Waals surface area contributed by atoms with Gasteiger partial charge >= 0.3 is 5.97 Å². The fourth-order valence-electron chi connectivity index (χ4n) is 3.90. The predicted octanol–water partition coefficient (Wildman–Crippen LogP) is 4.04. The summed E-state index contributed by atoms with van der Waals surface area (Å²) in [5, 5.41) is 3.20. The zero-order valence-corrected chi connectivity index (χ0v) is 12.8. The topological polar surface area (TPSA) is 38.3 Å². The van der Waals surface area contributed by atoms with Crippen LogP contribution in [0.15, 0.2) is 36.4 Å². The van der Waals surface area contributed by atoms with Crippen LogP contribution >= 0.6 is 0 Å². The molecule has 4 rings (SSSR count). The second kappa shape index (κ2) is 4.87. The Morgan fingerprint density at radius 3 is 2.86 bits per heavy atom. The standard InChI is InChI=1S/C19H19NO2/c1-11-18-16(4-3-5-17(18)19(21)22-11)15-8-6-12-10-13(20-2)7-9-14(12)15/h3-5,7,9-11,15,20H,6,8H2,1-2H3. The smallest absolute Gasteiger partial charge is 0.339 e. The molecule has 1 heterocycles. The zero-order valence-electron chi connectivity index (χ0n) is 12.8. The molecule has 22 heavy (non-hydrogen) atoms. The minimum Gasteiger partial charge on any atom is -0.454 e. The van der Waals surface area contributed by atoms with Crippen molar-refractivity contribution >= 4 is 11.7 Å². The zero-order chi connectivity index (χ0) is 15.3. The summed E-state index contributed by atoms with van der Waals surface area (Å²) in [5.41, 5.74) is 7.04. The molecule has 2 atom stereocenters. The molecule has 1 aliphatic carbocycles. The maximum atomic E-state index is 11.9. The average molecular weight is 293 g/mol. The van der Waals surface area contributed by atoms with Crippen molar-refractivity contribution in [3.8, 4) is 0 Å². The first-order valence-corrected chi connectivity index (χ1v) is 7.83. The molecule has 0 amide bonds. The number of rotatable bonds is 2. The van der Waals surface area contributed by atoms with Crippen molar-refractivity contribution in [1.82, 2.24) is 0 Å². The molecule has 112 valence electrons. The molecule has 0 radical (unpaired) electrons. The summed E-state index contributed by atoms with van der Waals surface area (Å²) in [6.45, 7) is 1.97. The van der Waals surface area contributed by atoms with Crippen LogP contribution in [0.5, 0.6) is 0 Å². The van der Waals surface area contributed by atoms with Gasteiger partial charge in [0.2, 0.25) is 0 Å². The van der Waals surface area contributed by atoms with Gasteiger partial charge in [0, 0.05) is 24.2 Å². The van der Waals surface area contributed by atoms with Crippen molar-refractivity contribution < 1.29 is 9.53 Å². The van der Waals surface area contributed by atoms with Crippen LogP contribution in [-0.2, 0) is 11.2 Å². The van der Waals surface area contributed by atoms with Gasteiger partial charge in [0.05, 0.1) is 5.56 Å². The number of hydrogen-bond donors (Lipinski definition) is 1. The van der Waals surface area contributed by atoms with E-state index in [1.807, 2.05) is 26.1 Å². The molecule has 2 unspecified atom stereocenters. The van der Waals surface area contributed by atoms with Crippen molar-refractivity contribution in [2.45, 2.75) is 31.8 Å². The molecule has 0 saturated carbocycles.